The molecule has 2 aromatic carbocycles. The van der Waals surface area contributed by atoms with Crippen LogP contribution in [0, 0.1) is 0 Å². The van der Waals surface area contributed by atoms with E-state index in [1.807, 2.05) is 41.3 Å². The van der Waals surface area contributed by atoms with Crippen LogP contribution in [0.15, 0.2) is 54.2 Å². The Kier molecular flexibility index (Phi) is 6.72. The van der Waals surface area contributed by atoms with Crippen LogP contribution < -0.4 is 9.47 Å². The maximum atomic E-state index is 13.6. The summed E-state index contributed by atoms with van der Waals surface area (Å²) in [4.78, 5) is 30.2. The quantitative estimate of drug-likeness (QED) is 0.527. The predicted octanol–water partition coefficient (Wildman–Crippen LogP) is 2.29. The molecule has 0 bridgehead atoms. The molecule has 32 heavy (non-hydrogen) atoms. The number of nitrogens with zero attached hydrogens (tertiary/aromatic N) is 2. The minimum atomic E-state index is -0.335. The smallest absolute Gasteiger partial charge is 0.278 e. The minimum absolute atomic E-state index is 0.135. The molecule has 0 N–H and O–H groups in total. The lowest BCUT2D eigenvalue weighted by molar-refractivity contribution is -0.138. The van der Waals surface area contributed by atoms with Gasteiger partial charge in [-0.15, -0.1) is 0 Å². The molecule has 8 heteroatoms. The van der Waals surface area contributed by atoms with Gasteiger partial charge in [0.15, 0.2) is 11.5 Å². The predicted molar refractivity (Wildman–Crippen MR) is 117 cm³/mol. The Hall–Kier alpha value is -3.36. The molecule has 168 valence electrons. The Labute approximate surface area is 186 Å². The van der Waals surface area contributed by atoms with Crippen molar-refractivity contribution < 1.29 is 28.5 Å². The number of hydrogen-bond donors (Lipinski definition) is 0. The van der Waals surface area contributed by atoms with Crippen LogP contribution in [0.4, 0.5) is 0 Å². The summed E-state index contributed by atoms with van der Waals surface area (Å²) in [6.07, 6.45) is 0. The van der Waals surface area contributed by atoms with Gasteiger partial charge in [0.25, 0.3) is 11.8 Å². The van der Waals surface area contributed by atoms with E-state index in [4.69, 9.17) is 18.9 Å². The lowest BCUT2D eigenvalue weighted by Crippen LogP contribution is -2.37. The molecule has 0 unspecified atom stereocenters. The molecular weight excluding hydrogens is 412 g/mol. The highest BCUT2D eigenvalue weighted by Gasteiger charge is 2.41. The molecular formula is C24H26N2O6. The molecule has 8 nitrogen and oxygen atoms in total. The van der Waals surface area contributed by atoms with Gasteiger partial charge in [0.2, 0.25) is 6.79 Å². The zero-order valence-electron chi connectivity index (χ0n) is 18.2. The first kappa shape index (κ1) is 21.9. The van der Waals surface area contributed by atoms with Gasteiger partial charge in [-0.3, -0.25) is 14.5 Å². The SMILES string of the molecule is COCCN(CCOC)C1=C(c2ccccc2)C(=O)N(Cc2ccc3c(c2)OCO3)C1=O. The first-order valence-electron chi connectivity index (χ1n) is 10.4. The molecule has 0 aliphatic carbocycles. The molecule has 0 aromatic heterocycles. The van der Waals surface area contributed by atoms with Crippen molar-refractivity contribution in [2.45, 2.75) is 6.54 Å². The number of imide groups is 1. The molecule has 2 heterocycles. The van der Waals surface area contributed by atoms with Gasteiger partial charge in [0, 0.05) is 27.3 Å². The van der Waals surface area contributed by atoms with Crippen molar-refractivity contribution in [3.8, 4) is 11.5 Å². The van der Waals surface area contributed by atoms with E-state index in [2.05, 4.69) is 0 Å². The summed E-state index contributed by atoms with van der Waals surface area (Å²) in [5, 5.41) is 0. The largest absolute Gasteiger partial charge is 0.454 e. The van der Waals surface area contributed by atoms with Gasteiger partial charge < -0.3 is 23.8 Å². The van der Waals surface area contributed by atoms with Crippen molar-refractivity contribution in [1.82, 2.24) is 9.80 Å². The number of ether oxygens (including phenoxy) is 4. The van der Waals surface area contributed by atoms with Crippen LogP contribution in [0.25, 0.3) is 5.57 Å². The van der Waals surface area contributed by atoms with Crippen molar-refractivity contribution in [1.29, 1.82) is 0 Å². The molecule has 2 amide bonds. The summed E-state index contributed by atoms with van der Waals surface area (Å²) >= 11 is 0. The number of fused-ring (bicyclic) bond motifs is 1. The lowest BCUT2D eigenvalue weighted by atomic mass is 10.0. The molecule has 0 radical (unpaired) electrons. The summed E-state index contributed by atoms with van der Waals surface area (Å²) in [5.41, 5.74) is 2.25. The van der Waals surface area contributed by atoms with Gasteiger partial charge in [0.1, 0.15) is 5.70 Å². The standard InChI is InChI=1S/C24H26N2O6/c1-29-12-10-25(11-13-30-2)22-21(18-6-4-3-5-7-18)23(27)26(24(22)28)15-17-8-9-19-20(14-17)32-16-31-19/h3-9,14H,10-13,15-16H2,1-2H3. The maximum Gasteiger partial charge on any atom is 0.278 e. The highest BCUT2D eigenvalue weighted by Crippen LogP contribution is 2.35. The molecule has 2 aliphatic rings. The second-order valence-electron chi connectivity index (χ2n) is 7.45. The van der Waals surface area contributed by atoms with E-state index in [1.165, 1.54) is 4.90 Å². The van der Waals surface area contributed by atoms with Crippen molar-refractivity contribution >= 4 is 17.4 Å². The minimum Gasteiger partial charge on any atom is -0.454 e. The first-order chi connectivity index (χ1) is 15.6. The van der Waals surface area contributed by atoms with E-state index < -0.39 is 0 Å². The number of hydrogen-bond acceptors (Lipinski definition) is 7. The van der Waals surface area contributed by atoms with Crippen molar-refractivity contribution in [3.63, 3.8) is 0 Å². The highest BCUT2D eigenvalue weighted by atomic mass is 16.7. The third-order valence-electron chi connectivity index (χ3n) is 5.43. The van der Waals surface area contributed by atoms with Crippen LogP contribution in [0.3, 0.4) is 0 Å². The number of benzene rings is 2. The Bertz CT molecular complexity index is 1010. The highest BCUT2D eigenvalue weighted by molar-refractivity contribution is 6.35. The van der Waals surface area contributed by atoms with Crippen LogP contribution in [-0.2, 0) is 25.6 Å². The fourth-order valence-electron chi connectivity index (χ4n) is 3.83. The summed E-state index contributed by atoms with van der Waals surface area (Å²) in [6.45, 7) is 2.05. The molecule has 2 aliphatic heterocycles. The van der Waals surface area contributed by atoms with Gasteiger partial charge in [-0.25, -0.2) is 0 Å². The van der Waals surface area contributed by atoms with Crippen LogP contribution in [0.5, 0.6) is 11.5 Å². The number of rotatable bonds is 10. The zero-order valence-corrected chi connectivity index (χ0v) is 18.2. The van der Waals surface area contributed by atoms with Gasteiger partial charge in [-0.1, -0.05) is 36.4 Å². The van der Waals surface area contributed by atoms with Crippen molar-refractivity contribution in [3.05, 3.63) is 65.4 Å². The third kappa shape index (κ3) is 4.32. The Balaban J connectivity index is 1.69. The van der Waals surface area contributed by atoms with E-state index in [-0.39, 0.29) is 25.2 Å². The third-order valence-corrected chi connectivity index (χ3v) is 5.43. The number of carbonyl (C=O) groups is 2. The Morgan fingerprint density at radius 3 is 2.28 bits per heavy atom. The van der Waals surface area contributed by atoms with Crippen molar-refractivity contribution in [2.75, 3.05) is 47.3 Å². The fourth-order valence-corrected chi connectivity index (χ4v) is 3.83. The topological polar surface area (TPSA) is 77.5 Å². The van der Waals surface area contributed by atoms with Crippen LogP contribution >= 0.6 is 0 Å². The van der Waals surface area contributed by atoms with Gasteiger partial charge >= 0.3 is 0 Å². The first-order valence-corrected chi connectivity index (χ1v) is 10.4. The Morgan fingerprint density at radius 1 is 0.906 bits per heavy atom. The molecule has 0 spiro atoms. The molecule has 2 aromatic rings. The van der Waals surface area contributed by atoms with E-state index in [0.717, 1.165) is 5.56 Å². The molecule has 0 fully saturated rings. The molecule has 0 saturated heterocycles. The normalized spacial score (nSPS) is 15.1. The second-order valence-corrected chi connectivity index (χ2v) is 7.45. The van der Waals surface area contributed by atoms with Crippen LogP contribution in [0.1, 0.15) is 11.1 Å². The lowest BCUT2D eigenvalue weighted by Gasteiger charge is -2.25. The van der Waals surface area contributed by atoms with Gasteiger partial charge in [0.05, 0.1) is 25.3 Å². The molecule has 4 rings (SSSR count). The zero-order chi connectivity index (χ0) is 22.5. The molecule has 0 atom stereocenters. The number of carbonyl (C=O) groups excluding carboxylic acids is 2. The average molecular weight is 438 g/mol. The monoisotopic (exact) mass is 438 g/mol. The van der Waals surface area contributed by atoms with Crippen LogP contribution in [0.2, 0.25) is 0 Å². The summed E-state index contributed by atoms with van der Waals surface area (Å²) in [5.74, 6) is 0.606. The number of methoxy groups -OCH3 is 2. The van der Waals surface area contributed by atoms with E-state index in [0.29, 0.717) is 54.6 Å². The van der Waals surface area contributed by atoms with Crippen molar-refractivity contribution in [2.24, 2.45) is 0 Å². The van der Waals surface area contributed by atoms with Crippen LogP contribution in [-0.4, -0.2) is 68.9 Å². The van der Waals surface area contributed by atoms with Gasteiger partial charge in [-0.05, 0) is 23.3 Å². The maximum absolute atomic E-state index is 13.6. The summed E-state index contributed by atoms with van der Waals surface area (Å²) in [6, 6.07) is 14.7. The van der Waals surface area contributed by atoms with E-state index in [1.54, 1.807) is 26.4 Å². The van der Waals surface area contributed by atoms with E-state index >= 15 is 0 Å². The Morgan fingerprint density at radius 2 is 1.59 bits per heavy atom. The summed E-state index contributed by atoms with van der Waals surface area (Å²) in [7, 11) is 3.21. The summed E-state index contributed by atoms with van der Waals surface area (Å²) < 4.78 is 21.3. The fraction of sp³-hybridized carbons (Fsp3) is 0.333. The van der Waals surface area contributed by atoms with E-state index in [9.17, 15) is 9.59 Å². The number of amides is 2. The van der Waals surface area contributed by atoms with Gasteiger partial charge in [-0.2, -0.15) is 0 Å². The second kappa shape index (κ2) is 9.84. The average Bonchev–Trinajstić information content (AvgIpc) is 3.38. The molecule has 0 saturated carbocycles.